The first-order valence-electron chi connectivity index (χ1n) is 11.4. The fourth-order valence-electron chi connectivity index (χ4n) is 4.41. The Labute approximate surface area is 215 Å². The van der Waals surface area contributed by atoms with Crippen molar-refractivity contribution in [1.29, 1.82) is 0 Å². The lowest BCUT2D eigenvalue weighted by molar-refractivity contribution is 0.0667. The molecule has 1 aromatic carbocycles. The van der Waals surface area contributed by atoms with Crippen LogP contribution < -0.4 is 22.1 Å². The minimum absolute atomic E-state index is 0.0708. The maximum atomic E-state index is 13.4. The Morgan fingerprint density at radius 3 is 2.57 bits per heavy atom. The summed E-state index contributed by atoms with van der Waals surface area (Å²) in [5.41, 5.74) is 12.1. The van der Waals surface area contributed by atoms with E-state index < -0.39 is 11.4 Å². The molecule has 4 heterocycles. The number of aromatic nitrogens is 3. The Hall–Kier alpha value is -4.26. The topological polar surface area (TPSA) is 178 Å². The Balaban J connectivity index is 1.22. The summed E-state index contributed by atoms with van der Waals surface area (Å²) in [5, 5.41) is 9.81. The maximum absolute atomic E-state index is 13.4. The van der Waals surface area contributed by atoms with Gasteiger partial charge in [0.05, 0.1) is 12.1 Å². The second-order valence-corrected chi connectivity index (χ2v) is 9.28. The van der Waals surface area contributed by atoms with Crippen LogP contribution in [0.25, 0.3) is 11.3 Å². The van der Waals surface area contributed by atoms with Gasteiger partial charge in [-0.3, -0.25) is 19.9 Å². The average Bonchev–Trinajstić information content (AvgIpc) is 3.45. The number of aryl methyl sites for hydroxylation is 1. The first-order chi connectivity index (χ1) is 17.7. The van der Waals surface area contributed by atoms with Gasteiger partial charge in [0, 0.05) is 18.7 Å². The van der Waals surface area contributed by atoms with Gasteiger partial charge in [-0.2, -0.15) is 0 Å². The number of nitrogens with two attached hydrogens (primary N) is 2. The van der Waals surface area contributed by atoms with E-state index >= 15 is 0 Å². The van der Waals surface area contributed by atoms with Crippen LogP contribution in [0, 0.1) is 12.7 Å². The Morgan fingerprint density at radius 1 is 1.16 bits per heavy atom. The van der Waals surface area contributed by atoms with E-state index in [1.807, 2.05) is 0 Å². The number of nitrogens with zero attached hydrogens (tertiary/aromatic N) is 5. The largest absolute Gasteiger partial charge is 0.382 e. The van der Waals surface area contributed by atoms with Crippen molar-refractivity contribution in [2.45, 2.75) is 25.3 Å². The van der Waals surface area contributed by atoms with Crippen LogP contribution in [-0.4, -0.2) is 63.0 Å². The van der Waals surface area contributed by atoms with Crippen LogP contribution in [0.4, 0.5) is 16.0 Å². The van der Waals surface area contributed by atoms with Crippen LogP contribution in [0.3, 0.4) is 0 Å². The number of carbonyl (C=O) groups excluding carboxylic acids is 2. The predicted octanol–water partition coefficient (Wildman–Crippen LogP) is 1.76. The van der Waals surface area contributed by atoms with Crippen molar-refractivity contribution >= 4 is 41.0 Å². The molecule has 14 heteroatoms. The SMILES string of the molecule is Cc1onc(-c2ccc(F)cc2)c1C(=O)N1CCC2(CC1)CN=C(NC(=O)c1nc(Cl)c(N)nc1N)N2. The third-order valence-corrected chi connectivity index (χ3v) is 6.76. The summed E-state index contributed by atoms with van der Waals surface area (Å²) in [7, 11) is 0. The van der Waals surface area contributed by atoms with E-state index in [1.165, 1.54) is 12.1 Å². The molecule has 2 amide bonds. The van der Waals surface area contributed by atoms with Crippen LogP contribution in [0.15, 0.2) is 33.8 Å². The van der Waals surface area contributed by atoms with E-state index in [2.05, 4.69) is 30.8 Å². The zero-order valence-corrected chi connectivity index (χ0v) is 20.5. The molecule has 1 fully saturated rings. The monoisotopic (exact) mass is 527 g/mol. The van der Waals surface area contributed by atoms with Crippen molar-refractivity contribution < 1.29 is 18.5 Å². The Bertz CT molecular complexity index is 1420. The summed E-state index contributed by atoms with van der Waals surface area (Å²) < 4.78 is 18.7. The number of anilines is 2. The van der Waals surface area contributed by atoms with E-state index in [0.29, 0.717) is 55.1 Å². The quantitative estimate of drug-likeness (QED) is 0.395. The molecule has 0 atom stereocenters. The summed E-state index contributed by atoms with van der Waals surface area (Å²) in [6.45, 7) is 2.98. The van der Waals surface area contributed by atoms with Crippen molar-refractivity contribution in [1.82, 2.24) is 30.7 Å². The molecule has 6 N–H and O–H groups in total. The number of amides is 2. The number of guanidine groups is 1. The number of nitrogen functional groups attached to an aromatic ring is 2. The summed E-state index contributed by atoms with van der Waals surface area (Å²) in [6, 6.07) is 5.73. The predicted molar refractivity (Wildman–Crippen MR) is 133 cm³/mol. The number of nitrogens with one attached hydrogen (secondary N) is 2. The molecular weight excluding hydrogens is 505 g/mol. The number of rotatable bonds is 3. The lowest BCUT2D eigenvalue weighted by Gasteiger charge is -2.39. The van der Waals surface area contributed by atoms with Gasteiger partial charge in [0.2, 0.25) is 0 Å². The molecule has 12 nitrogen and oxygen atoms in total. The van der Waals surface area contributed by atoms with Gasteiger partial charge in [-0.05, 0) is 44.0 Å². The number of likely N-dealkylation sites (tertiary alicyclic amines) is 1. The van der Waals surface area contributed by atoms with Crippen molar-refractivity contribution in [3.05, 3.63) is 52.3 Å². The lowest BCUT2D eigenvalue weighted by atomic mass is 9.88. The molecule has 3 aromatic rings. The van der Waals surface area contributed by atoms with E-state index in [0.717, 1.165) is 0 Å². The summed E-state index contributed by atoms with van der Waals surface area (Å²) in [5.74, 6) is -0.779. The van der Waals surface area contributed by atoms with Crippen molar-refractivity contribution in [2.75, 3.05) is 31.1 Å². The highest BCUT2D eigenvalue weighted by atomic mass is 35.5. The normalized spacial score (nSPS) is 16.4. The molecular formula is C23H23ClFN9O3. The van der Waals surface area contributed by atoms with Crippen molar-refractivity contribution in [3.63, 3.8) is 0 Å². The first kappa shape index (κ1) is 24.4. The van der Waals surface area contributed by atoms with Crippen LogP contribution in [0.1, 0.15) is 39.4 Å². The highest BCUT2D eigenvalue weighted by Crippen LogP contribution is 2.30. The molecule has 1 spiro atoms. The van der Waals surface area contributed by atoms with Gasteiger partial charge < -0.3 is 26.2 Å². The molecule has 37 heavy (non-hydrogen) atoms. The molecule has 0 radical (unpaired) electrons. The van der Waals surface area contributed by atoms with Gasteiger partial charge in [-0.1, -0.05) is 16.8 Å². The fourth-order valence-corrected chi connectivity index (χ4v) is 4.54. The van der Waals surface area contributed by atoms with Gasteiger partial charge >= 0.3 is 0 Å². The minimum Gasteiger partial charge on any atom is -0.382 e. The number of benzene rings is 1. The highest BCUT2D eigenvalue weighted by molar-refractivity contribution is 6.31. The molecule has 0 bridgehead atoms. The van der Waals surface area contributed by atoms with Gasteiger partial charge in [-0.25, -0.2) is 14.4 Å². The zero-order chi connectivity index (χ0) is 26.3. The van der Waals surface area contributed by atoms with Gasteiger partial charge in [0.1, 0.15) is 22.8 Å². The Morgan fingerprint density at radius 2 is 1.86 bits per heavy atom. The first-order valence-corrected chi connectivity index (χ1v) is 11.8. The van der Waals surface area contributed by atoms with Crippen LogP contribution in [-0.2, 0) is 0 Å². The third-order valence-electron chi connectivity index (χ3n) is 6.48. The van der Waals surface area contributed by atoms with Gasteiger partial charge in [0.25, 0.3) is 11.8 Å². The van der Waals surface area contributed by atoms with Crippen LogP contribution in [0.5, 0.6) is 0 Å². The van der Waals surface area contributed by atoms with Gasteiger partial charge in [-0.15, -0.1) is 0 Å². The van der Waals surface area contributed by atoms with E-state index in [9.17, 15) is 14.0 Å². The number of aliphatic imine (C=N–C) groups is 1. The third kappa shape index (κ3) is 4.65. The number of piperidine rings is 1. The van der Waals surface area contributed by atoms with E-state index in [-0.39, 0.29) is 40.2 Å². The molecule has 2 aromatic heterocycles. The zero-order valence-electron chi connectivity index (χ0n) is 19.7. The van der Waals surface area contributed by atoms with E-state index in [1.54, 1.807) is 24.0 Å². The highest BCUT2D eigenvalue weighted by Gasteiger charge is 2.41. The standard InChI is InChI=1S/C23H23ClFN9O3/c1-11-14(15(33-37-11)12-2-4-13(25)5-3-12)21(36)34-8-6-23(7-9-34)10-28-22(32-23)31-20(35)16-18(26)30-19(27)17(24)29-16/h2-5H,6-10H2,1H3,(H4,26,27,30)(H2,28,31,32,35). The molecule has 5 rings (SSSR count). The number of hydrogen-bond acceptors (Lipinski definition) is 10. The molecule has 0 unspecified atom stereocenters. The Kier molecular flexibility index (Phi) is 6.15. The number of halogens is 2. The number of carbonyl (C=O) groups is 2. The van der Waals surface area contributed by atoms with Crippen molar-refractivity contribution in [3.8, 4) is 11.3 Å². The second kappa shape index (κ2) is 9.32. The summed E-state index contributed by atoms with van der Waals surface area (Å²) in [6.07, 6.45) is 1.18. The molecule has 2 aliphatic rings. The lowest BCUT2D eigenvalue weighted by Crippen LogP contribution is -2.57. The van der Waals surface area contributed by atoms with Crippen LogP contribution in [0.2, 0.25) is 5.15 Å². The molecule has 0 saturated carbocycles. The summed E-state index contributed by atoms with van der Waals surface area (Å²) in [4.78, 5) is 39.9. The average molecular weight is 528 g/mol. The second-order valence-electron chi connectivity index (χ2n) is 8.92. The van der Waals surface area contributed by atoms with E-state index in [4.69, 9.17) is 27.6 Å². The molecule has 192 valence electrons. The molecule has 1 saturated heterocycles. The summed E-state index contributed by atoms with van der Waals surface area (Å²) >= 11 is 5.86. The van der Waals surface area contributed by atoms with Crippen LogP contribution >= 0.6 is 11.6 Å². The van der Waals surface area contributed by atoms with Gasteiger partial charge in [0.15, 0.2) is 28.4 Å². The maximum Gasteiger partial charge on any atom is 0.280 e. The number of hydrogen-bond donors (Lipinski definition) is 4. The fraction of sp³-hybridized carbons (Fsp3) is 0.304. The molecule has 0 aliphatic carbocycles. The molecule has 2 aliphatic heterocycles. The smallest absolute Gasteiger partial charge is 0.280 e. The minimum atomic E-state index is -0.626. The van der Waals surface area contributed by atoms with Crippen molar-refractivity contribution in [2.24, 2.45) is 4.99 Å².